The maximum absolute atomic E-state index is 12.5. The number of allylic oxidation sites excluding steroid dienone is 1. The summed E-state index contributed by atoms with van der Waals surface area (Å²) in [6, 6.07) is 0.445. The molecule has 2 N–H and O–H groups in total. The molecule has 1 aliphatic heterocycles. The number of carbonyl (C=O) groups is 1. The fourth-order valence-electron chi connectivity index (χ4n) is 5.02. The Balaban J connectivity index is 1.29. The second-order valence-corrected chi connectivity index (χ2v) is 9.07. The van der Waals surface area contributed by atoms with Crippen LogP contribution in [0.5, 0.6) is 0 Å². The lowest BCUT2D eigenvalue weighted by Crippen LogP contribution is -2.54. The number of aryl methyl sites for hydroxylation is 1. The highest BCUT2D eigenvalue weighted by molar-refractivity contribution is 7.80. The van der Waals surface area contributed by atoms with Crippen molar-refractivity contribution in [2.24, 2.45) is 11.8 Å². The number of rotatable bonds is 4. The van der Waals surface area contributed by atoms with Crippen LogP contribution in [-0.4, -0.2) is 67.8 Å². The lowest BCUT2D eigenvalue weighted by molar-refractivity contribution is 0.0695. The molecule has 2 aromatic rings. The molecular weight excluding hydrogens is 428 g/mol. The number of piperazine rings is 1. The molecule has 2 aromatic heterocycles. The average Bonchev–Trinajstić information content (AvgIpc) is 3.42. The molecule has 2 bridgehead atoms. The largest absolute Gasteiger partial charge is 0.477 e. The maximum atomic E-state index is 12.5. The number of nitrogens with one attached hydrogen (secondary N) is 1. The van der Waals surface area contributed by atoms with Gasteiger partial charge < -0.3 is 24.8 Å². The first-order valence-electron chi connectivity index (χ1n) is 11.1. The van der Waals surface area contributed by atoms with Crippen LogP contribution in [0.3, 0.4) is 0 Å². The Kier molecular flexibility index (Phi) is 5.32. The molecule has 3 aliphatic rings. The van der Waals surface area contributed by atoms with Gasteiger partial charge in [0.25, 0.3) is 0 Å². The van der Waals surface area contributed by atoms with E-state index >= 15 is 0 Å². The van der Waals surface area contributed by atoms with Crippen LogP contribution in [0.4, 0.5) is 5.95 Å². The lowest BCUT2D eigenvalue weighted by Gasteiger charge is -2.37. The molecule has 0 aromatic carbocycles. The number of carboxylic acid groups (broad SMARTS) is 1. The van der Waals surface area contributed by atoms with E-state index in [9.17, 15) is 14.7 Å². The highest BCUT2D eigenvalue weighted by atomic mass is 32.1. The predicted molar refractivity (Wildman–Crippen MR) is 125 cm³/mol. The van der Waals surface area contributed by atoms with Crippen molar-refractivity contribution >= 4 is 40.3 Å². The zero-order valence-corrected chi connectivity index (χ0v) is 18.7. The van der Waals surface area contributed by atoms with Crippen molar-refractivity contribution in [3.8, 4) is 0 Å². The fraction of sp³-hybridized carbons (Fsp3) is 0.500. The Morgan fingerprint density at radius 3 is 2.66 bits per heavy atom. The van der Waals surface area contributed by atoms with E-state index in [4.69, 9.17) is 12.2 Å². The van der Waals surface area contributed by atoms with Crippen molar-refractivity contribution in [1.29, 1.82) is 0 Å². The molecular formula is C22H26N6O3S. The Bertz CT molecular complexity index is 1170. The summed E-state index contributed by atoms with van der Waals surface area (Å²) in [6.07, 6.45) is 9.85. The summed E-state index contributed by atoms with van der Waals surface area (Å²) < 4.78 is 1.68. The molecule has 2 aliphatic carbocycles. The van der Waals surface area contributed by atoms with Crippen LogP contribution in [0.1, 0.15) is 30.1 Å². The standard InChI is InChI=1S/C22H26N6O3S/c1-2-26-12-16(20(30)31)18(29)15-11-23-21(25-19(15)26)27-5-7-28(8-6-27)22(32)24-17-10-13-3-4-14(17)9-13/h3-4,11-14,17H,2,5-10H2,1H3,(H,24,32)(H,30,31)/t13-,14-,17+/m0/s1. The molecule has 3 heterocycles. The van der Waals surface area contributed by atoms with E-state index in [0.717, 1.165) is 24.6 Å². The summed E-state index contributed by atoms with van der Waals surface area (Å²) in [4.78, 5) is 37.2. The van der Waals surface area contributed by atoms with E-state index in [2.05, 4.69) is 37.2 Å². The Morgan fingerprint density at radius 1 is 1.25 bits per heavy atom. The van der Waals surface area contributed by atoms with E-state index < -0.39 is 11.4 Å². The molecule has 9 nitrogen and oxygen atoms in total. The van der Waals surface area contributed by atoms with Gasteiger partial charge in [0.05, 0.1) is 5.39 Å². The maximum Gasteiger partial charge on any atom is 0.341 e. The molecule has 32 heavy (non-hydrogen) atoms. The number of aromatic carboxylic acids is 1. The van der Waals surface area contributed by atoms with Crippen molar-refractivity contribution < 1.29 is 9.90 Å². The topological polar surface area (TPSA) is 104 Å². The van der Waals surface area contributed by atoms with Gasteiger partial charge in [-0.2, -0.15) is 4.98 Å². The van der Waals surface area contributed by atoms with Crippen LogP contribution >= 0.6 is 12.2 Å². The monoisotopic (exact) mass is 454 g/mol. The highest BCUT2D eigenvalue weighted by Gasteiger charge is 2.36. The summed E-state index contributed by atoms with van der Waals surface area (Å²) in [7, 11) is 0. The SMILES string of the molecule is CCn1cc(C(=O)O)c(=O)c2cnc(N3CCN(C(=S)N[C@@H]4C[C@H]5C=C[C@H]4C5)CC3)nc21. The summed E-state index contributed by atoms with van der Waals surface area (Å²) >= 11 is 5.68. The van der Waals surface area contributed by atoms with E-state index in [0.29, 0.717) is 49.1 Å². The Labute approximate surface area is 190 Å². The molecule has 10 heteroatoms. The molecule has 5 rings (SSSR count). The number of fused-ring (bicyclic) bond motifs is 3. The number of anilines is 1. The zero-order chi connectivity index (χ0) is 22.4. The normalized spacial score (nSPS) is 24.3. The van der Waals surface area contributed by atoms with Gasteiger partial charge in [0.2, 0.25) is 11.4 Å². The summed E-state index contributed by atoms with van der Waals surface area (Å²) in [5.41, 5.74) is -0.367. The van der Waals surface area contributed by atoms with Gasteiger partial charge in [0.15, 0.2) is 5.11 Å². The molecule has 0 spiro atoms. The molecule has 3 atom stereocenters. The first-order chi connectivity index (χ1) is 15.4. The van der Waals surface area contributed by atoms with Gasteiger partial charge >= 0.3 is 5.97 Å². The average molecular weight is 455 g/mol. The van der Waals surface area contributed by atoms with E-state index in [1.807, 2.05) is 6.92 Å². The molecule has 0 amide bonds. The predicted octanol–water partition coefficient (Wildman–Crippen LogP) is 1.47. The second-order valence-electron chi connectivity index (χ2n) is 8.68. The van der Waals surface area contributed by atoms with Crippen LogP contribution in [0.2, 0.25) is 0 Å². The van der Waals surface area contributed by atoms with Crippen LogP contribution < -0.4 is 15.6 Å². The summed E-state index contributed by atoms with van der Waals surface area (Å²) in [6.45, 7) is 5.35. The molecule has 1 saturated heterocycles. The minimum Gasteiger partial charge on any atom is -0.477 e. The van der Waals surface area contributed by atoms with Crippen molar-refractivity contribution in [3.05, 3.63) is 40.3 Å². The number of hydrogen-bond acceptors (Lipinski definition) is 6. The minimum atomic E-state index is -1.25. The minimum absolute atomic E-state index is 0.222. The van der Waals surface area contributed by atoms with Crippen molar-refractivity contribution in [1.82, 2.24) is 24.8 Å². The summed E-state index contributed by atoms with van der Waals surface area (Å²) in [5.74, 6) is 0.599. The number of aromatic nitrogens is 3. The Hall–Kier alpha value is -3.01. The molecule has 0 radical (unpaired) electrons. The first-order valence-corrected chi connectivity index (χ1v) is 11.5. The third-order valence-electron chi connectivity index (χ3n) is 6.81. The van der Waals surface area contributed by atoms with Crippen LogP contribution in [0, 0.1) is 11.8 Å². The van der Waals surface area contributed by atoms with Gasteiger partial charge in [-0.3, -0.25) is 4.79 Å². The van der Waals surface area contributed by atoms with E-state index in [1.54, 1.807) is 4.57 Å². The van der Waals surface area contributed by atoms with Gasteiger partial charge in [-0.15, -0.1) is 0 Å². The lowest BCUT2D eigenvalue weighted by atomic mass is 10.0. The number of nitrogens with zero attached hydrogens (tertiary/aromatic N) is 5. The molecule has 0 unspecified atom stereocenters. The van der Waals surface area contributed by atoms with Crippen LogP contribution in [0.15, 0.2) is 29.3 Å². The van der Waals surface area contributed by atoms with Crippen LogP contribution in [-0.2, 0) is 6.54 Å². The Morgan fingerprint density at radius 2 is 2.03 bits per heavy atom. The third kappa shape index (κ3) is 3.62. The van der Waals surface area contributed by atoms with Gasteiger partial charge in [0, 0.05) is 51.2 Å². The smallest absolute Gasteiger partial charge is 0.341 e. The van der Waals surface area contributed by atoms with Crippen molar-refractivity contribution in [3.63, 3.8) is 0 Å². The summed E-state index contributed by atoms with van der Waals surface area (Å²) in [5, 5.41) is 13.9. The van der Waals surface area contributed by atoms with Gasteiger partial charge in [-0.05, 0) is 43.8 Å². The number of pyridine rings is 1. The molecule has 1 saturated carbocycles. The zero-order valence-electron chi connectivity index (χ0n) is 17.9. The van der Waals surface area contributed by atoms with Crippen LogP contribution in [0.25, 0.3) is 11.0 Å². The van der Waals surface area contributed by atoms with Crippen molar-refractivity contribution in [2.45, 2.75) is 32.4 Å². The quantitative estimate of drug-likeness (QED) is 0.525. The molecule has 2 fully saturated rings. The van der Waals surface area contributed by atoms with E-state index in [1.165, 1.54) is 18.8 Å². The number of carboxylic acids is 1. The number of thiocarbonyl (C=S) groups is 1. The van der Waals surface area contributed by atoms with Gasteiger partial charge in [-0.1, -0.05) is 12.2 Å². The number of hydrogen-bond donors (Lipinski definition) is 2. The van der Waals surface area contributed by atoms with Gasteiger partial charge in [-0.25, -0.2) is 9.78 Å². The van der Waals surface area contributed by atoms with E-state index in [-0.39, 0.29) is 10.9 Å². The van der Waals surface area contributed by atoms with Crippen molar-refractivity contribution in [2.75, 3.05) is 31.1 Å². The fourth-order valence-corrected chi connectivity index (χ4v) is 5.35. The molecule has 168 valence electrons. The second kappa shape index (κ2) is 8.16. The third-order valence-corrected chi connectivity index (χ3v) is 7.19. The van der Waals surface area contributed by atoms with Gasteiger partial charge in [0.1, 0.15) is 11.2 Å². The highest BCUT2D eigenvalue weighted by Crippen LogP contribution is 2.39. The first kappa shape index (κ1) is 20.9.